The number of carboxylic acid groups (broad SMARTS) is 1. The Balaban J connectivity index is 2.29. The third kappa shape index (κ3) is 3.08. The van der Waals surface area contributed by atoms with E-state index >= 15 is 0 Å². The predicted molar refractivity (Wildman–Crippen MR) is 79.9 cm³/mol. The first kappa shape index (κ1) is 14.7. The van der Waals surface area contributed by atoms with Crippen molar-refractivity contribution in [3.05, 3.63) is 29.9 Å². The lowest BCUT2D eigenvalue weighted by atomic mass is 10.0. The van der Waals surface area contributed by atoms with E-state index < -0.39 is 11.5 Å². The van der Waals surface area contributed by atoms with Crippen LogP contribution in [-0.4, -0.2) is 32.2 Å². The van der Waals surface area contributed by atoms with Crippen molar-refractivity contribution < 1.29 is 9.90 Å². The van der Waals surface area contributed by atoms with Gasteiger partial charge in [-0.3, -0.25) is 10.1 Å². The molecule has 0 radical (unpaired) electrons. The molecule has 5 nitrogen and oxygen atoms in total. The SMILES string of the molecule is CC(C)NC(C)(Cn1ccnc1-c1cccs1)C(=O)O. The Labute approximate surface area is 122 Å². The van der Waals surface area contributed by atoms with Gasteiger partial charge < -0.3 is 9.67 Å². The fraction of sp³-hybridized carbons (Fsp3) is 0.429. The minimum atomic E-state index is -1.03. The maximum Gasteiger partial charge on any atom is 0.325 e. The molecule has 108 valence electrons. The lowest BCUT2D eigenvalue weighted by Gasteiger charge is -2.29. The summed E-state index contributed by atoms with van der Waals surface area (Å²) in [5, 5.41) is 14.6. The number of aliphatic carboxylic acids is 1. The minimum Gasteiger partial charge on any atom is -0.480 e. The van der Waals surface area contributed by atoms with Gasteiger partial charge in [0.1, 0.15) is 11.4 Å². The molecule has 2 heterocycles. The second-order valence-corrected chi connectivity index (χ2v) is 6.24. The summed E-state index contributed by atoms with van der Waals surface area (Å²) < 4.78 is 1.88. The van der Waals surface area contributed by atoms with E-state index in [1.807, 2.05) is 42.1 Å². The van der Waals surface area contributed by atoms with Gasteiger partial charge in [-0.25, -0.2) is 4.98 Å². The van der Waals surface area contributed by atoms with Crippen LogP contribution in [0.4, 0.5) is 0 Å². The van der Waals surface area contributed by atoms with Gasteiger partial charge >= 0.3 is 5.97 Å². The molecule has 0 aliphatic carbocycles. The third-order valence-electron chi connectivity index (χ3n) is 3.02. The summed E-state index contributed by atoms with van der Waals surface area (Å²) in [6.45, 7) is 5.91. The van der Waals surface area contributed by atoms with Crippen LogP contribution >= 0.6 is 11.3 Å². The first-order valence-corrected chi connectivity index (χ1v) is 7.36. The number of rotatable bonds is 6. The third-order valence-corrected chi connectivity index (χ3v) is 3.89. The molecule has 0 saturated heterocycles. The first-order valence-electron chi connectivity index (χ1n) is 6.48. The van der Waals surface area contributed by atoms with Gasteiger partial charge in [0.25, 0.3) is 0 Å². The van der Waals surface area contributed by atoms with Gasteiger partial charge in [0.15, 0.2) is 0 Å². The maximum absolute atomic E-state index is 11.6. The number of aromatic nitrogens is 2. The number of hydrogen-bond acceptors (Lipinski definition) is 4. The first-order chi connectivity index (χ1) is 9.42. The van der Waals surface area contributed by atoms with Crippen LogP contribution in [-0.2, 0) is 11.3 Å². The molecule has 0 aliphatic heterocycles. The Bertz CT molecular complexity index is 577. The van der Waals surface area contributed by atoms with E-state index in [-0.39, 0.29) is 6.04 Å². The van der Waals surface area contributed by atoms with Gasteiger partial charge in [0, 0.05) is 18.4 Å². The molecular weight excluding hydrogens is 274 g/mol. The average molecular weight is 293 g/mol. The van der Waals surface area contributed by atoms with Crippen molar-refractivity contribution in [2.24, 2.45) is 0 Å². The highest BCUT2D eigenvalue weighted by Crippen LogP contribution is 2.24. The van der Waals surface area contributed by atoms with Crippen molar-refractivity contribution in [2.45, 2.75) is 38.9 Å². The van der Waals surface area contributed by atoms with Crippen molar-refractivity contribution >= 4 is 17.3 Å². The second kappa shape index (κ2) is 5.76. The molecule has 2 N–H and O–H groups in total. The molecule has 1 unspecified atom stereocenters. The molecule has 6 heteroatoms. The van der Waals surface area contributed by atoms with Crippen molar-refractivity contribution in [1.82, 2.24) is 14.9 Å². The molecule has 0 aromatic carbocycles. The molecule has 0 bridgehead atoms. The highest BCUT2D eigenvalue weighted by atomic mass is 32.1. The van der Waals surface area contributed by atoms with Crippen LogP contribution in [0.25, 0.3) is 10.7 Å². The lowest BCUT2D eigenvalue weighted by molar-refractivity contribution is -0.145. The molecular formula is C14H19N3O2S. The van der Waals surface area contributed by atoms with Gasteiger partial charge in [-0.15, -0.1) is 11.3 Å². The van der Waals surface area contributed by atoms with Crippen LogP contribution in [0.15, 0.2) is 29.9 Å². The van der Waals surface area contributed by atoms with E-state index in [0.29, 0.717) is 6.54 Å². The highest BCUT2D eigenvalue weighted by molar-refractivity contribution is 7.13. The lowest BCUT2D eigenvalue weighted by Crippen LogP contribution is -2.55. The Morgan fingerprint density at radius 1 is 1.60 bits per heavy atom. The Kier molecular flexibility index (Phi) is 4.25. The van der Waals surface area contributed by atoms with Gasteiger partial charge in [-0.2, -0.15) is 0 Å². The van der Waals surface area contributed by atoms with Crippen molar-refractivity contribution in [3.8, 4) is 10.7 Å². The van der Waals surface area contributed by atoms with Crippen LogP contribution in [0.1, 0.15) is 20.8 Å². The van der Waals surface area contributed by atoms with Crippen LogP contribution in [0.3, 0.4) is 0 Å². The van der Waals surface area contributed by atoms with E-state index in [9.17, 15) is 9.90 Å². The van der Waals surface area contributed by atoms with Crippen LogP contribution in [0, 0.1) is 0 Å². The maximum atomic E-state index is 11.6. The summed E-state index contributed by atoms with van der Waals surface area (Å²) in [7, 11) is 0. The Morgan fingerprint density at radius 2 is 2.35 bits per heavy atom. The topological polar surface area (TPSA) is 67.2 Å². The zero-order valence-electron chi connectivity index (χ0n) is 11.8. The van der Waals surface area contributed by atoms with Crippen molar-refractivity contribution in [1.29, 1.82) is 0 Å². The monoisotopic (exact) mass is 293 g/mol. The predicted octanol–water partition coefficient (Wildman–Crippen LogP) is 2.45. The van der Waals surface area contributed by atoms with Crippen LogP contribution < -0.4 is 5.32 Å². The van der Waals surface area contributed by atoms with Gasteiger partial charge in [0.05, 0.1) is 11.4 Å². The smallest absolute Gasteiger partial charge is 0.325 e. The Morgan fingerprint density at radius 3 is 2.90 bits per heavy atom. The number of imidazole rings is 1. The number of nitrogens with zero attached hydrogens (tertiary/aromatic N) is 2. The largest absolute Gasteiger partial charge is 0.480 e. The fourth-order valence-corrected chi connectivity index (χ4v) is 2.96. The molecule has 0 fully saturated rings. The van der Waals surface area contributed by atoms with Gasteiger partial charge in [-0.1, -0.05) is 6.07 Å². The van der Waals surface area contributed by atoms with Gasteiger partial charge in [-0.05, 0) is 32.2 Å². The molecule has 0 aliphatic rings. The molecule has 0 saturated carbocycles. The molecule has 2 aromatic heterocycles. The van der Waals surface area contributed by atoms with Crippen LogP contribution in [0.2, 0.25) is 0 Å². The molecule has 2 aromatic rings. The summed E-state index contributed by atoms with van der Waals surface area (Å²) >= 11 is 1.59. The second-order valence-electron chi connectivity index (χ2n) is 5.29. The average Bonchev–Trinajstić information content (AvgIpc) is 2.96. The number of carboxylic acids is 1. The van der Waals surface area contributed by atoms with E-state index in [2.05, 4.69) is 10.3 Å². The number of thiophene rings is 1. The van der Waals surface area contributed by atoms with Crippen molar-refractivity contribution in [2.75, 3.05) is 0 Å². The quantitative estimate of drug-likeness (QED) is 0.858. The highest BCUT2D eigenvalue weighted by Gasteiger charge is 2.34. The molecule has 20 heavy (non-hydrogen) atoms. The minimum absolute atomic E-state index is 0.0878. The number of carbonyl (C=O) groups is 1. The van der Waals surface area contributed by atoms with E-state index in [1.165, 1.54) is 0 Å². The van der Waals surface area contributed by atoms with E-state index in [1.54, 1.807) is 24.5 Å². The summed E-state index contributed by atoms with van der Waals surface area (Å²) in [4.78, 5) is 17.0. The van der Waals surface area contributed by atoms with Crippen LogP contribution in [0.5, 0.6) is 0 Å². The number of nitrogens with one attached hydrogen (secondary N) is 1. The standard InChI is InChI=1S/C14H19N3O2S/c1-10(2)16-14(3,13(18)19)9-17-7-6-15-12(17)11-5-4-8-20-11/h4-8,10,16H,9H2,1-3H3,(H,18,19). The molecule has 1 atom stereocenters. The van der Waals surface area contributed by atoms with E-state index in [4.69, 9.17) is 0 Å². The molecule has 2 rings (SSSR count). The Hall–Kier alpha value is -1.66. The summed E-state index contributed by atoms with van der Waals surface area (Å²) in [6.07, 6.45) is 3.52. The molecule has 0 amide bonds. The summed E-state index contributed by atoms with van der Waals surface area (Å²) in [5.74, 6) is -0.0601. The zero-order chi connectivity index (χ0) is 14.8. The fourth-order valence-electron chi connectivity index (χ4n) is 2.22. The normalized spacial score (nSPS) is 14.4. The summed E-state index contributed by atoms with van der Waals surface area (Å²) in [5.41, 5.74) is -1.03. The van der Waals surface area contributed by atoms with Crippen molar-refractivity contribution in [3.63, 3.8) is 0 Å². The summed E-state index contributed by atoms with van der Waals surface area (Å²) in [6, 6.07) is 4.03. The number of hydrogen-bond donors (Lipinski definition) is 2. The zero-order valence-corrected chi connectivity index (χ0v) is 12.6. The van der Waals surface area contributed by atoms with E-state index in [0.717, 1.165) is 10.7 Å². The molecule has 0 spiro atoms. The van der Waals surface area contributed by atoms with Gasteiger partial charge in [0.2, 0.25) is 0 Å².